The first-order valence-corrected chi connectivity index (χ1v) is 5.97. The summed E-state index contributed by atoms with van der Waals surface area (Å²) in [6.45, 7) is 8.17. The number of aryl methyl sites for hydroxylation is 2. The van der Waals surface area contributed by atoms with Gasteiger partial charge in [-0.25, -0.2) is 0 Å². The molecule has 0 fully saturated rings. The molecule has 2 aromatic rings. The van der Waals surface area contributed by atoms with E-state index >= 15 is 0 Å². The molecule has 1 heterocycles. The molecule has 1 aromatic carbocycles. The van der Waals surface area contributed by atoms with Crippen molar-refractivity contribution in [2.24, 2.45) is 5.73 Å². The standard InChI is InChI=1S/C14H20N2/c1-4-12-11(3)16(8-7-15)14-6-5-10(2)9-13(12)14/h5-6,9H,4,7-8,15H2,1-3H3. The normalized spacial score (nSPS) is 11.2. The Kier molecular flexibility index (Phi) is 3.01. The zero-order valence-electron chi connectivity index (χ0n) is 10.4. The molecule has 0 aliphatic carbocycles. The van der Waals surface area contributed by atoms with Crippen LogP contribution in [0.5, 0.6) is 0 Å². The first kappa shape index (κ1) is 11.2. The molecule has 0 amide bonds. The van der Waals surface area contributed by atoms with Gasteiger partial charge in [-0.1, -0.05) is 18.6 Å². The second-order valence-electron chi connectivity index (χ2n) is 4.38. The summed E-state index contributed by atoms with van der Waals surface area (Å²) in [5, 5.41) is 1.40. The van der Waals surface area contributed by atoms with Crippen LogP contribution >= 0.6 is 0 Å². The van der Waals surface area contributed by atoms with Gasteiger partial charge in [0.15, 0.2) is 0 Å². The predicted octanol–water partition coefficient (Wildman–Crippen LogP) is 2.78. The molecule has 0 unspecified atom stereocenters. The number of hydrogen-bond acceptors (Lipinski definition) is 1. The van der Waals surface area contributed by atoms with E-state index in [1.165, 1.54) is 27.7 Å². The second kappa shape index (κ2) is 4.30. The van der Waals surface area contributed by atoms with Crippen LogP contribution in [0.2, 0.25) is 0 Å². The number of nitrogens with zero attached hydrogens (tertiary/aromatic N) is 1. The SMILES string of the molecule is CCc1c(C)n(CCN)c2ccc(C)cc12. The van der Waals surface area contributed by atoms with E-state index in [-0.39, 0.29) is 0 Å². The maximum atomic E-state index is 5.68. The molecule has 0 saturated heterocycles. The van der Waals surface area contributed by atoms with Gasteiger partial charge in [0.25, 0.3) is 0 Å². The van der Waals surface area contributed by atoms with Gasteiger partial charge in [0.1, 0.15) is 0 Å². The quantitative estimate of drug-likeness (QED) is 0.840. The fraction of sp³-hybridized carbons (Fsp3) is 0.429. The Morgan fingerprint density at radius 1 is 1.25 bits per heavy atom. The zero-order valence-corrected chi connectivity index (χ0v) is 10.4. The van der Waals surface area contributed by atoms with Gasteiger partial charge >= 0.3 is 0 Å². The van der Waals surface area contributed by atoms with E-state index in [0.717, 1.165) is 13.0 Å². The fourth-order valence-electron chi connectivity index (χ4n) is 2.53. The lowest BCUT2D eigenvalue weighted by molar-refractivity contribution is 0.711. The zero-order chi connectivity index (χ0) is 11.7. The largest absolute Gasteiger partial charge is 0.343 e. The lowest BCUT2D eigenvalue weighted by Gasteiger charge is -2.06. The third kappa shape index (κ3) is 1.63. The van der Waals surface area contributed by atoms with Crippen LogP contribution in [0.15, 0.2) is 18.2 Å². The Bertz CT molecular complexity index is 509. The van der Waals surface area contributed by atoms with Crippen molar-refractivity contribution >= 4 is 10.9 Å². The van der Waals surface area contributed by atoms with Gasteiger partial charge < -0.3 is 10.3 Å². The van der Waals surface area contributed by atoms with Gasteiger partial charge in [0.05, 0.1) is 0 Å². The van der Waals surface area contributed by atoms with Crippen molar-refractivity contribution < 1.29 is 0 Å². The summed E-state index contributed by atoms with van der Waals surface area (Å²) in [5.41, 5.74) is 11.2. The van der Waals surface area contributed by atoms with Crippen LogP contribution in [0.25, 0.3) is 10.9 Å². The van der Waals surface area contributed by atoms with Crippen molar-refractivity contribution in [2.45, 2.75) is 33.7 Å². The van der Waals surface area contributed by atoms with E-state index in [1.54, 1.807) is 0 Å². The molecule has 0 spiro atoms. The minimum Gasteiger partial charge on any atom is -0.343 e. The molecule has 0 aliphatic rings. The number of benzene rings is 1. The lowest BCUT2D eigenvalue weighted by Crippen LogP contribution is -2.11. The Balaban J connectivity index is 2.75. The molecule has 0 saturated carbocycles. The Hall–Kier alpha value is -1.28. The maximum Gasteiger partial charge on any atom is 0.0485 e. The molecule has 2 rings (SSSR count). The van der Waals surface area contributed by atoms with E-state index in [9.17, 15) is 0 Å². The van der Waals surface area contributed by atoms with Crippen molar-refractivity contribution in [3.63, 3.8) is 0 Å². The molecule has 2 N–H and O–H groups in total. The number of nitrogens with two attached hydrogens (primary N) is 1. The molecule has 0 atom stereocenters. The molecule has 0 bridgehead atoms. The third-order valence-electron chi connectivity index (χ3n) is 3.32. The van der Waals surface area contributed by atoms with Crippen LogP contribution in [0, 0.1) is 13.8 Å². The van der Waals surface area contributed by atoms with Crippen LogP contribution in [0.4, 0.5) is 0 Å². The van der Waals surface area contributed by atoms with Gasteiger partial charge in [-0.05, 0) is 38.0 Å². The van der Waals surface area contributed by atoms with Crippen LogP contribution in [0.3, 0.4) is 0 Å². The fourth-order valence-corrected chi connectivity index (χ4v) is 2.53. The first-order chi connectivity index (χ1) is 7.69. The van der Waals surface area contributed by atoms with Gasteiger partial charge in [0, 0.05) is 29.7 Å². The topological polar surface area (TPSA) is 30.9 Å². The molecule has 2 nitrogen and oxygen atoms in total. The van der Waals surface area contributed by atoms with Crippen LogP contribution in [-0.4, -0.2) is 11.1 Å². The maximum absolute atomic E-state index is 5.68. The van der Waals surface area contributed by atoms with Crippen molar-refractivity contribution in [1.82, 2.24) is 4.57 Å². The van der Waals surface area contributed by atoms with Crippen molar-refractivity contribution in [1.29, 1.82) is 0 Å². The van der Waals surface area contributed by atoms with E-state index in [0.29, 0.717) is 6.54 Å². The van der Waals surface area contributed by atoms with Crippen molar-refractivity contribution in [2.75, 3.05) is 6.54 Å². The average Bonchev–Trinajstić information content (AvgIpc) is 2.52. The number of aromatic nitrogens is 1. The Morgan fingerprint density at radius 3 is 2.62 bits per heavy atom. The van der Waals surface area contributed by atoms with Crippen molar-refractivity contribution in [3.05, 3.63) is 35.0 Å². The third-order valence-corrected chi connectivity index (χ3v) is 3.32. The van der Waals surface area contributed by atoms with E-state index < -0.39 is 0 Å². The molecule has 2 heteroatoms. The van der Waals surface area contributed by atoms with Crippen LogP contribution < -0.4 is 5.73 Å². The lowest BCUT2D eigenvalue weighted by atomic mass is 10.1. The summed E-state index contributed by atoms with van der Waals surface area (Å²) >= 11 is 0. The Morgan fingerprint density at radius 2 is 2.00 bits per heavy atom. The first-order valence-electron chi connectivity index (χ1n) is 5.97. The average molecular weight is 216 g/mol. The number of fused-ring (bicyclic) bond motifs is 1. The van der Waals surface area contributed by atoms with Crippen LogP contribution in [0.1, 0.15) is 23.7 Å². The van der Waals surface area contributed by atoms with Gasteiger partial charge in [0.2, 0.25) is 0 Å². The minimum atomic E-state index is 0.696. The van der Waals surface area contributed by atoms with E-state index in [4.69, 9.17) is 5.73 Å². The van der Waals surface area contributed by atoms with Gasteiger partial charge in [-0.3, -0.25) is 0 Å². The monoisotopic (exact) mass is 216 g/mol. The molecular formula is C14H20N2. The molecule has 0 radical (unpaired) electrons. The van der Waals surface area contributed by atoms with E-state index in [2.05, 4.69) is 43.5 Å². The molecule has 0 aliphatic heterocycles. The Labute approximate surface area is 97.1 Å². The molecule has 16 heavy (non-hydrogen) atoms. The molecule has 1 aromatic heterocycles. The number of hydrogen-bond donors (Lipinski definition) is 1. The number of rotatable bonds is 3. The summed E-state index contributed by atoms with van der Waals surface area (Å²) in [4.78, 5) is 0. The molecular weight excluding hydrogens is 196 g/mol. The predicted molar refractivity (Wildman–Crippen MR) is 69.8 cm³/mol. The van der Waals surface area contributed by atoms with Gasteiger partial charge in [-0.15, -0.1) is 0 Å². The highest BCUT2D eigenvalue weighted by molar-refractivity contribution is 5.86. The second-order valence-corrected chi connectivity index (χ2v) is 4.38. The smallest absolute Gasteiger partial charge is 0.0485 e. The van der Waals surface area contributed by atoms with Crippen molar-refractivity contribution in [3.8, 4) is 0 Å². The summed E-state index contributed by atoms with van der Waals surface area (Å²) < 4.78 is 2.34. The highest BCUT2D eigenvalue weighted by Crippen LogP contribution is 2.27. The minimum absolute atomic E-state index is 0.696. The highest BCUT2D eigenvalue weighted by atomic mass is 15.0. The summed E-state index contributed by atoms with van der Waals surface area (Å²) in [6, 6.07) is 6.68. The van der Waals surface area contributed by atoms with E-state index in [1.807, 2.05) is 0 Å². The highest BCUT2D eigenvalue weighted by Gasteiger charge is 2.11. The summed E-state index contributed by atoms with van der Waals surface area (Å²) in [7, 11) is 0. The van der Waals surface area contributed by atoms with Gasteiger partial charge in [-0.2, -0.15) is 0 Å². The molecule has 86 valence electrons. The summed E-state index contributed by atoms with van der Waals surface area (Å²) in [5.74, 6) is 0. The summed E-state index contributed by atoms with van der Waals surface area (Å²) in [6.07, 6.45) is 1.09. The van der Waals surface area contributed by atoms with Crippen LogP contribution in [-0.2, 0) is 13.0 Å².